The SMILES string of the molecule is COc1[c]cc(-c2cc3ccnnc3[nH]2)cc1. The number of aromatic amines is 1. The molecule has 0 fully saturated rings. The standard InChI is InChI=1S/C13H10N3O/c1-17-11-4-2-9(3-5-11)12-8-10-6-7-14-16-13(10)15-12/h2-4,6-8H,1H3,(H,15,16). The van der Waals surface area contributed by atoms with Crippen molar-refractivity contribution in [3.8, 4) is 17.0 Å². The maximum absolute atomic E-state index is 5.08. The van der Waals surface area contributed by atoms with Crippen LogP contribution in [0.2, 0.25) is 0 Å². The molecule has 0 spiro atoms. The van der Waals surface area contributed by atoms with Gasteiger partial charge in [-0.2, -0.15) is 5.10 Å². The topological polar surface area (TPSA) is 50.8 Å². The molecule has 1 aromatic carbocycles. The van der Waals surface area contributed by atoms with Crippen molar-refractivity contribution in [3.05, 3.63) is 42.6 Å². The maximum Gasteiger partial charge on any atom is 0.160 e. The molecule has 0 aliphatic carbocycles. The number of nitrogens with zero attached hydrogens (tertiary/aromatic N) is 2. The summed E-state index contributed by atoms with van der Waals surface area (Å²) in [5.41, 5.74) is 2.83. The normalized spacial score (nSPS) is 10.6. The summed E-state index contributed by atoms with van der Waals surface area (Å²) in [6.45, 7) is 0. The van der Waals surface area contributed by atoms with Crippen molar-refractivity contribution in [2.24, 2.45) is 0 Å². The third-order valence-electron chi connectivity index (χ3n) is 2.62. The minimum Gasteiger partial charge on any atom is -0.496 e. The van der Waals surface area contributed by atoms with Crippen LogP contribution in [0.25, 0.3) is 22.3 Å². The molecule has 1 radical (unpaired) electrons. The lowest BCUT2D eigenvalue weighted by Crippen LogP contribution is -1.83. The van der Waals surface area contributed by atoms with Gasteiger partial charge in [0.05, 0.1) is 13.3 Å². The average molecular weight is 224 g/mol. The van der Waals surface area contributed by atoms with Crippen LogP contribution in [0.15, 0.2) is 36.5 Å². The molecule has 0 amide bonds. The summed E-state index contributed by atoms with van der Waals surface area (Å²) in [6, 6.07) is 12.8. The third-order valence-corrected chi connectivity index (χ3v) is 2.62. The average Bonchev–Trinajstić information content (AvgIpc) is 2.82. The van der Waals surface area contributed by atoms with Crippen molar-refractivity contribution in [3.63, 3.8) is 0 Å². The monoisotopic (exact) mass is 224 g/mol. The van der Waals surface area contributed by atoms with Crippen LogP contribution in [-0.4, -0.2) is 22.3 Å². The van der Waals surface area contributed by atoms with E-state index in [0.29, 0.717) is 0 Å². The number of nitrogens with one attached hydrogen (secondary N) is 1. The molecule has 0 saturated heterocycles. The fourth-order valence-corrected chi connectivity index (χ4v) is 1.73. The minimum absolute atomic E-state index is 0.727. The molecule has 0 saturated carbocycles. The van der Waals surface area contributed by atoms with E-state index in [-0.39, 0.29) is 0 Å². The number of hydrogen-bond acceptors (Lipinski definition) is 3. The summed E-state index contributed by atoms with van der Waals surface area (Å²) in [6.07, 6.45) is 1.68. The predicted octanol–water partition coefficient (Wildman–Crippen LogP) is 2.43. The first-order valence-corrected chi connectivity index (χ1v) is 5.23. The van der Waals surface area contributed by atoms with E-state index < -0.39 is 0 Å². The minimum atomic E-state index is 0.727. The van der Waals surface area contributed by atoms with Gasteiger partial charge in [0.2, 0.25) is 0 Å². The van der Waals surface area contributed by atoms with E-state index in [4.69, 9.17) is 4.74 Å². The smallest absolute Gasteiger partial charge is 0.160 e. The largest absolute Gasteiger partial charge is 0.496 e. The van der Waals surface area contributed by atoms with E-state index in [2.05, 4.69) is 21.2 Å². The quantitative estimate of drug-likeness (QED) is 0.727. The van der Waals surface area contributed by atoms with Crippen LogP contribution < -0.4 is 4.74 Å². The van der Waals surface area contributed by atoms with Gasteiger partial charge in [-0.25, -0.2) is 0 Å². The van der Waals surface area contributed by atoms with Crippen molar-refractivity contribution in [1.82, 2.24) is 15.2 Å². The van der Waals surface area contributed by atoms with E-state index in [0.717, 1.165) is 28.0 Å². The molecule has 83 valence electrons. The molecule has 17 heavy (non-hydrogen) atoms. The fourth-order valence-electron chi connectivity index (χ4n) is 1.73. The lowest BCUT2D eigenvalue weighted by molar-refractivity contribution is 0.414. The molecular formula is C13H10N3O. The zero-order chi connectivity index (χ0) is 11.7. The Balaban J connectivity index is 2.07. The highest BCUT2D eigenvalue weighted by molar-refractivity contribution is 5.82. The first-order chi connectivity index (χ1) is 8.36. The molecule has 3 aromatic rings. The highest BCUT2D eigenvalue weighted by atomic mass is 16.5. The molecule has 0 bridgehead atoms. The van der Waals surface area contributed by atoms with E-state index in [9.17, 15) is 0 Å². The van der Waals surface area contributed by atoms with Crippen LogP contribution >= 0.6 is 0 Å². The maximum atomic E-state index is 5.08. The van der Waals surface area contributed by atoms with Gasteiger partial charge in [-0.3, -0.25) is 0 Å². The summed E-state index contributed by atoms with van der Waals surface area (Å²) in [7, 11) is 1.63. The number of methoxy groups -OCH3 is 1. The number of H-pyrrole nitrogens is 1. The van der Waals surface area contributed by atoms with Gasteiger partial charge in [-0.15, -0.1) is 5.10 Å². The number of ether oxygens (including phenoxy) is 1. The molecule has 0 aliphatic heterocycles. The Labute approximate surface area is 98.3 Å². The van der Waals surface area contributed by atoms with Crippen LogP contribution in [0, 0.1) is 6.07 Å². The lowest BCUT2D eigenvalue weighted by atomic mass is 10.1. The van der Waals surface area contributed by atoms with E-state index >= 15 is 0 Å². The van der Waals surface area contributed by atoms with Gasteiger partial charge < -0.3 is 9.72 Å². The van der Waals surface area contributed by atoms with E-state index in [1.807, 2.05) is 30.3 Å². The molecule has 0 unspecified atom stereocenters. The lowest BCUT2D eigenvalue weighted by Gasteiger charge is -2.00. The fraction of sp³-hybridized carbons (Fsp3) is 0.0769. The Morgan fingerprint density at radius 2 is 2.24 bits per heavy atom. The van der Waals surface area contributed by atoms with Crippen molar-refractivity contribution < 1.29 is 4.74 Å². The molecular weight excluding hydrogens is 214 g/mol. The van der Waals surface area contributed by atoms with Crippen molar-refractivity contribution in [2.45, 2.75) is 0 Å². The third kappa shape index (κ3) is 1.73. The van der Waals surface area contributed by atoms with Crippen LogP contribution in [0.5, 0.6) is 5.75 Å². The summed E-state index contributed by atoms with van der Waals surface area (Å²) in [5, 5.41) is 8.91. The second kappa shape index (κ2) is 3.90. The van der Waals surface area contributed by atoms with E-state index in [1.54, 1.807) is 13.3 Å². The van der Waals surface area contributed by atoms with Crippen molar-refractivity contribution in [1.29, 1.82) is 0 Å². The second-order valence-electron chi connectivity index (χ2n) is 3.66. The summed E-state index contributed by atoms with van der Waals surface area (Å²) in [4.78, 5) is 3.21. The Hall–Kier alpha value is -2.36. The van der Waals surface area contributed by atoms with Crippen LogP contribution in [-0.2, 0) is 0 Å². The number of benzene rings is 1. The number of hydrogen-bond donors (Lipinski definition) is 1. The first kappa shape index (κ1) is 9.84. The molecule has 1 N–H and O–H groups in total. The van der Waals surface area contributed by atoms with Gasteiger partial charge in [-0.05, 0) is 35.9 Å². The number of rotatable bonds is 2. The molecule has 2 heterocycles. The van der Waals surface area contributed by atoms with Crippen molar-refractivity contribution in [2.75, 3.05) is 7.11 Å². The van der Waals surface area contributed by atoms with Crippen LogP contribution in [0.3, 0.4) is 0 Å². The highest BCUT2D eigenvalue weighted by Gasteiger charge is 2.04. The highest BCUT2D eigenvalue weighted by Crippen LogP contribution is 2.24. The van der Waals surface area contributed by atoms with E-state index in [1.165, 1.54) is 0 Å². The van der Waals surface area contributed by atoms with Crippen LogP contribution in [0.1, 0.15) is 0 Å². The van der Waals surface area contributed by atoms with Gasteiger partial charge in [0.1, 0.15) is 5.75 Å². The summed E-state index contributed by atoms with van der Waals surface area (Å²) >= 11 is 0. The molecule has 0 aliphatic rings. The van der Waals surface area contributed by atoms with Gasteiger partial charge in [0.25, 0.3) is 0 Å². The summed E-state index contributed by atoms with van der Waals surface area (Å²) in [5.74, 6) is 0.727. The zero-order valence-electron chi connectivity index (χ0n) is 9.27. The van der Waals surface area contributed by atoms with Crippen LogP contribution in [0.4, 0.5) is 0 Å². The number of aromatic nitrogens is 3. The van der Waals surface area contributed by atoms with Gasteiger partial charge in [0.15, 0.2) is 5.65 Å². The number of fused-ring (bicyclic) bond motifs is 1. The zero-order valence-corrected chi connectivity index (χ0v) is 9.27. The Morgan fingerprint density at radius 1 is 1.29 bits per heavy atom. The first-order valence-electron chi connectivity index (χ1n) is 5.23. The Kier molecular flexibility index (Phi) is 2.26. The molecule has 0 atom stereocenters. The molecule has 3 rings (SSSR count). The molecule has 4 nitrogen and oxygen atoms in total. The summed E-state index contributed by atoms with van der Waals surface area (Å²) < 4.78 is 5.08. The predicted molar refractivity (Wildman–Crippen MR) is 64.7 cm³/mol. The Morgan fingerprint density at radius 3 is 2.94 bits per heavy atom. The van der Waals surface area contributed by atoms with Gasteiger partial charge >= 0.3 is 0 Å². The van der Waals surface area contributed by atoms with Gasteiger partial charge in [0, 0.05) is 17.1 Å². The van der Waals surface area contributed by atoms with Gasteiger partial charge in [-0.1, -0.05) is 0 Å². The Bertz CT molecular complexity index is 610. The second-order valence-corrected chi connectivity index (χ2v) is 3.66. The van der Waals surface area contributed by atoms with Crippen molar-refractivity contribution >= 4 is 11.0 Å². The molecule has 2 aromatic heterocycles. The molecule has 4 heteroatoms.